The number of aliphatic hydroxyl groups is 1. The molecule has 0 radical (unpaired) electrons. The highest BCUT2D eigenvalue weighted by Gasteiger charge is 2.26. The number of carboxylic acid groups (broad SMARTS) is 1. The fourth-order valence-corrected chi connectivity index (χ4v) is 3.90. The van der Waals surface area contributed by atoms with Crippen LogP contribution in [0.5, 0.6) is 0 Å². The first-order valence-electron chi connectivity index (χ1n) is 10.6. The number of carbonyl (C=O) groups excluding carboxylic acids is 3. The SMILES string of the molecule is Cc1[nH]c(/C=C2\C(=O)Nc3cc(NC(=O)NC(=O)c4ccc(CO)cc4)ccc32)c(C)c1C(=O)O. The minimum Gasteiger partial charge on any atom is -0.478 e. The average Bonchev–Trinajstić information content (AvgIpc) is 3.27. The maximum Gasteiger partial charge on any atom is 0.337 e. The second kappa shape index (κ2) is 9.27. The molecule has 0 atom stereocenters. The molecule has 10 heteroatoms. The number of amides is 4. The van der Waals surface area contributed by atoms with Crippen molar-refractivity contribution in [2.45, 2.75) is 20.5 Å². The number of fused-ring (bicyclic) bond motifs is 1. The van der Waals surface area contributed by atoms with Gasteiger partial charge in [0.05, 0.1) is 23.4 Å². The minimum atomic E-state index is -1.05. The van der Waals surface area contributed by atoms with E-state index in [1.54, 1.807) is 50.3 Å². The van der Waals surface area contributed by atoms with Gasteiger partial charge in [-0.2, -0.15) is 0 Å². The van der Waals surface area contributed by atoms with Crippen LogP contribution >= 0.6 is 0 Å². The monoisotopic (exact) mass is 474 g/mol. The number of aromatic nitrogens is 1. The van der Waals surface area contributed by atoms with Gasteiger partial charge in [-0.1, -0.05) is 18.2 Å². The van der Waals surface area contributed by atoms with Gasteiger partial charge in [0.15, 0.2) is 0 Å². The Balaban J connectivity index is 1.50. The van der Waals surface area contributed by atoms with Crippen molar-refractivity contribution in [3.05, 3.63) is 81.7 Å². The fraction of sp³-hybridized carbons (Fsp3) is 0.120. The highest BCUT2D eigenvalue weighted by molar-refractivity contribution is 6.35. The molecule has 3 aromatic rings. The smallest absolute Gasteiger partial charge is 0.337 e. The van der Waals surface area contributed by atoms with Crippen LogP contribution in [0, 0.1) is 13.8 Å². The van der Waals surface area contributed by atoms with Crippen LogP contribution in [0.25, 0.3) is 11.6 Å². The Morgan fingerprint density at radius 1 is 1.06 bits per heavy atom. The number of urea groups is 1. The molecule has 0 spiro atoms. The number of carbonyl (C=O) groups is 4. The van der Waals surface area contributed by atoms with Crippen LogP contribution in [0.2, 0.25) is 0 Å². The van der Waals surface area contributed by atoms with E-state index in [2.05, 4.69) is 20.9 Å². The van der Waals surface area contributed by atoms with Gasteiger partial charge in [0.25, 0.3) is 11.8 Å². The Bertz CT molecular complexity index is 1400. The molecule has 4 amide bonds. The first-order chi connectivity index (χ1) is 16.7. The lowest BCUT2D eigenvalue weighted by molar-refractivity contribution is -0.110. The second-order valence-corrected chi connectivity index (χ2v) is 8.00. The molecule has 10 nitrogen and oxygen atoms in total. The predicted molar refractivity (Wildman–Crippen MR) is 129 cm³/mol. The van der Waals surface area contributed by atoms with E-state index >= 15 is 0 Å². The maximum absolute atomic E-state index is 12.6. The van der Waals surface area contributed by atoms with Crippen molar-refractivity contribution in [2.75, 3.05) is 10.6 Å². The predicted octanol–water partition coefficient (Wildman–Crippen LogP) is 3.28. The quantitative estimate of drug-likeness (QED) is 0.311. The number of aromatic amines is 1. The van der Waals surface area contributed by atoms with Crippen LogP contribution in [0.15, 0.2) is 42.5 Å². The van der Waals surface area contributed by atoms with Crippen LogP contribution < -0.4 is 16.0 Å². The molecule has 2 aromatic carbocycles. The number of hydrogen-bond acceptors (Lipinski definition) is 5. The van der Waals surface area contributed by atoms with E-state index in [-0.39, 0.29) is 23.6 Å². The van der Waals surface area contributed by atoms with Gasteiger partial charge in [0.2, 0.25) is 0 Å². The van der Waals surface area contributed by atoms with Crippen LogP contribution in [0.3, 0.4) is 0 Å². The van der Waals surface area contributed by atoms with E-state index in [1.165, 1.54) is 12.1 Å². The highest BCUT2D eigenvalue weighted by Crippen LogP contribution is 2.35. The maximum atomic E-state index is 12.6. The summed E-state index contributed by atoms with van der Waals surface area (Å²) in [4.78, 5) is 51.6. The Morgan fingerprint density at radius 2 is 1.77 bits per heavy atom. The molecule has 0 saturated heterocycles. The van der Waals surface area contributed by atoms with Crippen LogP contribution in [-0.2, 0) is 11.4 Å². The first kappa shape index (κ1) is 23.5. The molecule has 178 valence electrons. The minimum absolute atomic E-state index is 0.151. The summed E-state index contributed by atoms with van der Waals surface area (Å²) in [5.74, 6) is -2.03. The van der Waals surface area contributed by atoms with Crippen molar-refractivity contribution in [1.29, 1.82) is 0 Å². The van der Waals surface area contributed by atoms with Crippen molar-refractivity contribution in [3.63, 3.8) is 0 Å². The van der Waals surface area contributed by atoms with Gasteiger partial charge in [-0.05, 0) is 55.3 Å². The summed E-state index contributed by atoms with van der Waals surface area (Å²) in [6.45, 7) is 3.17. The van der Waals surface area contributed by atoms with Gasteiger partial charge in [0.1, 0.15) is 0 Å². The lowest BCUT2D eigenvalue weighted by Crippen LogP contribution is -2.34. The summed E-state index contributed by atoms with van der Waals surface area (Å²) in [6.07, 6.45) is 1.59. The zero-order chi connectivity index (χ0) is 25.3. The van der Waals surface area contributed by atoms with E-state index in [0.29, 0.717) is 45.0 Å². The van der Waals surface area contributed by atoms with E-state index < -0.39 is 17.9 Å². The summed E-state index contributed by atoms with van der Waals surface area (Å²) in [6, 6.07) is 10.2. The largest absolute Gasteiger partial charge is 0.478 e. The van der Waals surface area contributed by atoms with E-state index in [1.807, 2.05) is 0 Å². The molecule has 1 aliphatic rings. The molecular formula is C25H22N4O6. The Hall–Kier alpha value is -4.70. The zero-order valence-electron chi connectivity index (χ0n) is 18.9. The molecule has 35 heavy (non-hydrogen) atoms. The molecule has 1 aromatic heterocycles. The Morgan fingerprint density at radius 3 is 2.40 bits per heavy atom. The highest BCUT2D eigenvalue weighted by atomic mass is 16.4. The molecular weight excluding hydrogens is 452 g/mol. The molecule has 0 unspecified atom stereocenters. The second-order valence-electron chi connectivity index (χ2n) is 8.00. The van der Waals surface area contributed by atoms with Crippen molar-refractivity contribution in [3.8, 4) is 0 Å². The van der Waals surface area contributed by atoms with Crippen molar-refractivity contribution in [1.82, 2.24) is 10.3 Å². The Labute approximate surface area is 199 Å². The van der Waals surface area contributed by atoms with Gasteiger partial charge in [-0.15, -0.1) is 0 Å². The van der Waals surface area contributed by atoms with Gasteiger partial charge in [-0.25, -0.2) is 9.59 Å². The standard InChI is InChI=1S/C25H22N4O6/c1-12-19(26-13(2)21(12)24(33)34)10-18-17-8-7-16(9-20(17)28-23(18)32)27-25(35)29-22(31)15-5-3-14(11-30)4-6-15/h3-10,26,30H,11H2,1-2H3,(H,28,32)(H,33,34)(H2,27,29,31,35)/b18-10-. The number of aryl methyl sites for hydroxylation is 1. The fourth-order valence-electron chi connectivity index (χ4n) is 3.90. The number of nitrogens with one attached hydrogen (secondary N) is 4. The van der Waals surface area contributed by atoms with Crippen molar-refractivity contribution in [2.24, 2.45) is 0 Å². The molecule has 0 saturated carbocycles. The summed E-state index contributed by atoms with van der Waals surface area (Å²) in [7, 11) is 0. The van der Waals surface area contributed by atoms with E-state index in [0.717, 1.165) is 0 Å². The van der Waals surface area contributed by atoms with Gasteiger partial charge < -0.3 is 25.8 Å². The number of aromatic carboxylic acids is 1. The third-order valence-corrected chi connectivity index (χ3v) is 5.66. The van der Waals surface area contributed by atoms with E-state index in [4.69, 9.17) is 5.11 Å². The number of aliphatic hydroxyl groups excluding tert-OH is 1. The topological polar surface area (TPSA) is 161 Å². The number of benzene rings is 2. The molecule has 0 aliphatic carbocycles. The number of H-pyrrole nitrogens is 1. The normalized spacial score (nSPS) is 13.3. The van der Waals surface area contributed by atoms with Crippen LogP contribution in [0.4, 0.5) is 16.2 Å². The molecule has 4 rings (SSSR count). The average molecular weight is 474 g/mol. The first-order valence-corrected chi connectivity index (χ1v) is 10.6. The zero-order valence-corrected chi connectivity index (χ0v) is 18.9. The number of rotatable bonds is 5. The number of anilines is 2. The molecule has 0 bridgehead atoms. The van der Waals surface area contributed by atoms with Crippen molar-refractivity contribution >= 4 is 46.8 Å². The summed E-state index contributed by atoms with van der Waals surface area (Å²) < 4.78 is 0. The summed E-state index contributed by atoms with van der Waals surface area (Å²) in [5.41, 5.74) is 4.35. The van der Waals surface area contributed by atoms with Crippen LogP contribution in [0.1, 0.15) is 48.8 Å². The molecule has 6 N–H and O–H groups in total. The van der Waals surface area contributed by atoms with Crippen LogP contribution in [-0.4, -0.2) is 39.0 Å². The summed E-state index contributed by atoms with van der Waals surface area (Å²) >= 11 is 0. The van der Waals surface area contributed by atoms with Crippen molar-refractivity contribution < 1.29 is 29.4 Å². The third kappa shape index (κ3) is 4.68. The molecule has 0 fully saturated rings. The van der Waals surface area contributed by atoms with Gasteiger partial charge in [-0.3, -0.25) is 14.9 Å². The number of carboxylic acids is 1. The lowest BCUT2D eigenvalue weighted by Gasteiger charge is -2.08. The number of hydrogen-bond donors (Lipinski definition) is 6. The number of imide groups is 1. The Kier molecular flexibility index (Phi) is 6.22. The van der Waals surface area contributed by atoms with Gasteiger partial charge in [0, 0.05) is 28.2 Å². The lowest BCUT2D eigenvalue weighted by atomic mass is 10.0. The van der Waals surface area contributed by atoms with Gasteiger partial charge >= 0.3 is 12.0 Å². The molecule has 2 heterocycles. The van der Waals surface area contributed by atoms with E-state index in [9.17, 15) is 24.3 Å². The molecule has 1 aliphatic heterocycles. The summed E-state index contributed by atoms with van der Waals surface area (Å²) in [5, 5.41) is 26.0. The third-order valence-electron chi connectivity index (χ3n) is 5.66.